The summed E-state index contributed by atoms with van der Waals surface area (Å²) in [6, 6.07) is 5.98. The molecule has 1 atom stereocenters. The molecule has 3 heterocycles. The maximum absolute atomic E-state index is 10.6. The van der Waals surface area contributed by atoms with Crippen molar-refractivity contribution >= 4 is 17.5 Å². The van der Waals surface area contributed by atoms with E-state index in [1.54, 1.807) is 13.1 Å². The van der Waals surface area contributed by atoms with E-state index in [1.807, 2.05) is 25.1 Å². The lowest BCUT2D eigenvalue weighted by Gasteiger charge is -2.20. The molecule has 4 rings (SSSR count). The van der Waals surface area contributed by atoms with Gasteiger partial charge in [-0.15, -0.1) is 0 Å². The lowest BCUT2D eigenvalue weighted by Crippen LogP contribution is -2.20. The molecule has 0 amide bonds. The number of rotatable bonds is 2. The van der Waals surface area contributed by atoms with Gasteiger partial charge < -0.3 is 20.3 Å². The van der Waals surface area contributed by atoms with Crippen LogP contribution in [0.25, 0.3) is 0 Å². The Morgan fingerprint density at radius 3 is 2.86 bits per heavy atom. The third kappa shape index (κ3) is 3.28. The van der Waals surface area contributed by atoms with Gasteiger partial charge in [-0.25, -0.2) is 4.98 Å². The summed E-state index contributed by atoms with van der Waals surface area (Å²) in [6.45, 7) is 5.97. The van der Waals surface area contributed by atoms with Gasteiger partial charge in [0.25, 0.3) is 0 Å². The minimum atomic E-state index is -1.51. The first-order chi connectivity index (χ1) is 13.3. The molecule has 2 aromatic heterocycles. The molecule has 0 bridgehead atoms. The number of anilines is 3. The number of aliphatic hydroxyl groups is 1. The highest BCUT2D eigenvalue weighted by Gasteiger charge is 2.27. The van der Waals surface area contributed by atoms with Crippen LogP contribution in [0.15, 0.2) is 28.9 Å². The number of hydrogen-bond acceptors (Lipinski definition) is 8. The van der Waals surface area contributed by atoms with Crippen molar-refractivity contribution in [3.05, 3.63) is 52.8 Å². The number of fused-ring (bicyclic) bond motifs is 1. The van der Waals surface area contributed by atoms with Crippen molar-refractivity contribution in [2.24, 2.45) is 0 Å². The fraction of sp³-hybridized carbons (Fsp3) is 0.300. The molecule has 8 nitrogen and oxygen atoms in total. The first kappa shape index (κ1) is 17.9. The predicted molar refractivity (Wildman–Crippen MR) is 104 cm³/mol. The summed E-state index contributed by atoms with van der Waals surface area (Å²) in [6.07, 6.45) is 2.63. The van der Waals surface area contributed by atoms with E-state index in [0.29, 0.717) is 5.89 Å². The number of benzene rings is 1. The average molecular weight is 376 g/mol. The summed E-state index contributed by atoms with van der Waals surface area (Å²) >= 11 is 0. The lowest BCUT2D eigenvalue weighted by atomic mass is 10.1. The van der Waals surface area contributed by atoms with Gasteiger partial charge in [-0.3, -0.25) is 0 Å². The maximum Gasteiger partial charge on any atom is 0.223 e. The molecule has 1 unspecified atom stereocenters. The molecular weight excluding hydrogens is 356 g/mol. The number of aromatic nitrogens is 4. The van der Waals surface area contributed by atoms with Gasteiger partial charge in [0.15, 0.2) is 5.60 Å². The highest BCUT2D eigenvalue weighted by Crippen LogP contribution is 2.35. The fourth-order valence-electron chi connectivity index (χ4n) is 3.14. The van der Waals surface area contributed by atoms with Crippen LogP contribution < -0.4 is 10.6 Å². The van der Waals surface area contributed by atoms with Gasteiger partial charge in [-0.05, 0) is 38.0 Å². The van der Waals surface area contributed by atoms with E-state index in [-0.39, 0.29) is 11.8 Å². The second-order valence-electron chi connectivity index (χ2n) is 6.94. The number of hydrogen-bond donors (Lipinski definition) is 2. The number of aryl methyl sites for hydroxylation is 2. The zero-order valence-corrected chi connectivity index (χ0v) is 15.9. The molecule has 142 valence electrons. The molecule has 1 aliphatic heterocycles. The summed E-state index contributed by atoms with van der Waals surface area (Å²) in [5, 5.41) is 14.3. The smallest absolute Gasteiger partial charge is 0.223 e. The highest BCUT2D eigenvalue weighted by molar-refractivity contribution is 5.71. The van der Waals surface area contributed by atoms with Crippen LogP contribution in [-0.2, 0) is 12.0 Å². The van der Waals surface area contributed by atoms with E-state index in [1.165, 1.54) is 12.5 Å². The fourth-order valence-corrected chi connectivity index (χ4v) is 3.14. The highest BCUT2D eigenvalue weighted by atomic mass is 16.5. The monoisotopic (exact) mass is 376 g/mol. The molecule has 1 aliphatic rings. The second-order valence-corrected chi connectivity index (χ2v) is 6.94. The van der Waals surface area contributed by atoms with Crippen LogP contribution >= 0.6 is 0 Å². The van der Waals surface area contributed by atoms with Crippen molar-refractivity contribution in [1.82, 2.24) is 20.1 Å². The third-order valence-electron chi connectivity index (χ3n) is 4.61. The van der Waals surface area contributed by atoms with Gasteiger partial charge in [-0.2, -0.15) is 9.97 Å². The Balaban J connectivity index is 1.67. The summed E-state index contributed by atoms with van der Waals surface area (Å²) < 4.78 is 4.93. The molecule has 0 aliphatic carbocycles. The third-order valence-corrected chi connectivity index (χ3v) is 4.61. The van der Waals surface area contributed by atoms with Crippen LogP contribution in [0.1, 0.15) is 35.3 Å². The van der Waals surface area contributed by atoms with E-state index >= 15 is 0 Å². The van der Waals surface area contributed by atoms with Crippen molar-refractivity contribution < 1.29 is 9.63 Å². The Labute approximate surface area is 162 Å². The minimum absolute atomic E-state index is 0.146. The average Bonchev–Trinajstić information content (AvgIpc) is 3.28. The van der Waals surface area contributed by atoms with Crippen molar-refractivity contribution in [3.63, 3.8) is 0 Å². The summed E-state index contributed by atoms with van der Waals surface area (Å²) in [4.78, 5) is 14.6. The Morgan fingerprint density at radius 2 is 2.11 bits per heavy atom. The number of nitrogens with zero attached hydrogens (tertiary/aromatic N) is 5. The summed E-state index contributed by atoms with van der Waals surface area (Å²) in [5.74, 6) is 7.41. The van der Waals surface area contributed by atoms with Crippen molar-refractivity contribution in [2.45, 2.75) is 32.8 Å². The zero-order chi connectivity index (χ0) is 19.9. The molecule has 3 aromatic rings. The van der Waals surface area contributed by atoms with Crippen LogP contribution in [0.2, 0.25) is 0 Å². The molecule has 0 radical (unpaired) electrons. The quantitative estimate of drug-likeness (QED) is 0.653. The topological polar surface area (TPSA) is 114 Å². The minimum Gasteiger partial charge on any atom is -0.371 e. The first-order valence-electron chi connectivity index (χ1n) is 8.89. The van der Waals surface area contributed by atoms with E-state index in [0.717, 1.165) is 35.6 Å². The Hall–Kier alpha value is -3.44. The van der Waals surface area contributed by atoms with Gasteiger partial charge >= 0.3 is 0 Å². The lowest BCUT2D eigenvalue weighted by molar-refractivity contribution is 0.108. The molecule has 0 fully saturated rings. The Bertz CT molecular complexity index is 1110. The van der Waals surface area contributed by atoms with Gasteiger partial charge in [0.2, 0.25) is 17.7 Å². The largest absolute Gasteiger partial charge is 0.371 e. The molecule has 28 heavy (non-hydrogen) atoms. The zero-order valence-electron chi connectivity index (χ0n) is 15.9. The molecule has 3 N–H and O–H groups in total. The molecule has 8 heteroatoms. The Morgan fingerprint density at radius 1 is 1.29 bits per heavy atom. The summed E-state index contributed by atoms with van der Waals surface area (Å²) in [7, 11) is 0. The Kier molecular flexibility index (Phi) is 4.24. The van der Waals surface area contributed by atoms with Crippen LogP contribution in [-0.4, -0.2) is 31.8 Å². The van der Waals surface area contributed by atoms with Crippen LogP contribution in [0.5, 0.6) is 0 Å². The van der Waals surface area contributed by atoms with Crippen molar-refractivity contribution in [3.8, 4) is 11.8 Å². The molecule has 0 saturated carbocycles. The van der Waals surface area contributed by atoms with E-state index in [9.17, 15) is 5.11 Å². The van der Waals surface area contributed by atoms with Gasteiger partial charge in [0.1, 0.15) is 5.82 Å². The normalized spacial score (nSPS) is 14.9. The van der Waals surface area contributed by atoms with E-state index in [4.69, 9.17) is 10.3 Å². The predicted octanol–water partition coefficient (Wildman–Crippen LogP) is 2.01. The van der Waals surface area contributed by atoms with Crippen LogP contribution in [0.3, 0.4) is 0 Å². The van der Waals surface area contributed by atoms with E-state index in [2.05, 4.69) is 36.8 Å². The van der Waals surface area contributed by atoms with E-state index < -0.39 is 5.60 Å². The summed E-state index contributed by atoms with van der Waals surface area (Å²) in [5.41, 5.74) is 8.24. The molecule has 0 saturated heterocycles. The molecule has 1 aromatic carbocycles. The van der Waals surface area contributed by atoms with Crippen molar-refractivity contribution in [2.75, 3.05) is 17.2 Å². The number of nitrogens with two attached hydrogens (primary N) is 1. The SMILES string of the molecule is Cc1nc(C(C)(O)C#Cc2ccc3c(c2)N(c2nc(N)ncc2C)CC3)no1. The maximum atomic E-state index is 10.6. The van der Waals surface area contributed by atoms with Gasteiger partial charge in [-0.1, -0.05) is 23.1 Å². The van der Waals surface area contributed by atoms with Gasteiger partial charge in [0, 0.05) is 36.5 Å². The van der Waals surface area contributed by atoms with Crippen LogP contribution in [0.4, 0.5) is 17.5 Å². The number of nitrogen functional groups attached to an aromatic ring is 1. The van der Waals surface area contributed by atoms with Crippen molar-refractivity contribution in [1.29, 1.82) is 0 Å². The second kappa shape index (κ2) is 6.62. The van der Waals surface area contributed by atoms with Crippen LogP contribution in [0, 0.1) is 25.7 Å². The first-order valence-corrected chi connectivity index (χ1v) is 8.89. The molecule has 0 spiro atoms. The van der Waals surface area contributed by atoms with Gasteiger partial charge in [0.05, 0.1) is 0 Å². The molecular formula is C20H20N6O2. The standard InChI is InChI=1S/C20H20N6O2/c1-12-11-22-19(21)24-17(12)26-9-7-15-5-4-14(10-16(15)26)6-8-20(3,27)18-23-13(2)28-25-18/h4-5,10-11,27H,7,9H2,1-3H3,(H2,21,22,24).